The largest absolute Gasteiger partial charge is 0.291 e. The van der Waals surface area contributed by atoms with Crippen LogP contribution in [0.2, 0.25) is 0 Å². The van der Waals surface area contributed by atoms with Gasteiger partial charge in [-0.1, -0.05) is 0 Å². The molecule has 1 aromatic carbocycles. The van der Waals surface area contributed by atoms with E-state index >= 15 is 0 Å². The van der Waals surface area contributed by atoms with Crippen LogP contribution in [0.4, 0.5) is 5.69 Å². The van der Waals surface area contributed by atoms with Gasteiger partial charge in [0.2, 0.25) is 0 Å². The van der Waals surface area contributed by atoms with Crippen molar-refractivity contribution in [3.63, 3.8) is 0 Å². The fourth-order valence-corrected chi connectivity index (χ4v) is 2.99. The van der Waals surface area contributed by atoms with E-state index in [1.165, 1.54) is 40.4 Å². The van der Waals surface area contributed by atoms with Gasteiger partial charge in [-0.05, 0) is 25.1 Å². The minimum Gasteiger partial charge on any atom is -0.291 e. The van der Waals surface area contributed by atoms with Crippen molar-refractivity contribution in [2.45, 2.75) is 13.5 Å². The fourth-order valence-electron chi connectivity index (χ4n) is 2.19. The molecule has 116 valence electrons. The van der Waals surface area contributed by atoms with Crippen LogP contribution in [0.5, 0.6) is 0 Å². The van der Waals surface area contributed by atoms with E-state index in [0.29, 0.717) is 10.4 Å². The molecule has 0 bridgehead atoms. The van der Waals surface area contributed by atoms with Crippen molar-refractivity contribution in [3.8, 4) is 0 Å². The maximum Gasteiger partial charge on any atom is 0.270 e. The Kier molecular flexibility index (Phi) is 3.75. The monoisotopic (exact) mass is 329 g/mol. The van der Waals surface area contributed by atoms with Gasteiger partial charge in [-0.2, -0.15) is 0 Å². The number of benzene rings is 1. The van der Waals surface area contributed by atoms with Crippen LogP contribution in [0, 0.1) is 17.0 Å². The number of rotatable bonds is 4. The summed E-state index contributed by atoms with van der Waals surface area (Å²) in [5.41, 5.74) is -0.300. The standard InChI is InChI=1S/C15H11N3O4S/c1-9-2-5-14(23-9)13(19)7-17-8-16-12-4-3-10(18(21)22)6-11(12)15(17)20/h2-6,8H,7H2,1H3. The van der Waals surface area contributed by atoms with E-state index in [9.17, 15) is 19.7 Å². The quantitative estimate of drug-likeness (QED) is 0.416. The Hall–Kier alpha value is -2.87. The summed E-state index contributed by atoms with van der Waals surface area (Å²) in [6.45, 7) is 1.74. The highest BCUT2D eigenvalue weighted by atomic mass is 32.1. The summed E-state index contributed by atoms with van der Waals surface area (Å²) in [6.07, 6.45) is 1.29. The van der Waals surface area contributed by atoms with Gasteiger partial charge in [0.25, 0.3) is 11.2 Å². The average molecular weight is 329 g/mol. The van der Waals surface area contributed by atoms with Gasteiger partial charge in [-0.15, -0.1) is 11.3 Å². The molecule has 0 radical (unpaired) electrons. The van der Waals surface area contributed by atoms with Gasteiger partial charge < -0.3 is 0 Å². The van der Waals surface area contributed by atoms with Gasteiger partial charge in [0.05, 0.1) is 33.6 Å². The Morgan fingerprint density at radius 2 is 2.13 bits per heavy atom. The zero-order valence-electron chi connectivity index (χ0n) is 12.1. The molecule has 0 N–H and O–H groups in total. The minimum atomic E-state index is -0.574. The van der Waals surface area contributed by atoms with Crippen molar-refractivity contribution in [3.05, 3.63) is 66.9 Å². The van der Waals surface area contributed by atoms with Crippen LogP contribution >= 0.6 is 11.3 Å². The number of carbonyl (C=O) groups excluding carboxylic acids is 1. The lowest BCUT2D eigenvalue weighted by molar-refractivity contribution is -0.384. The summed E-state index contributed by atoms with van der Waals surface area (Å²) in [5.74, 6) is -0.197. The molecule has 3 aromatic rings. The first-order chi connectivity index (χ1) is 11.0. The first kappa shape index (κ1) is 15.0. The van der Waals surface area contributed by atoms with Crippen molar-refractivity contribution < 1.29 is 9.72 Å². The third-order valence-corrected chi connectivity index (χ3v) is 4.39. The first-order valence-corrected chi connectivity index (χ1v) is 7.50. The molecule has 23 heavy (non-hydrogen) atoms. The zero-order valence-corrected chi connectivity index (χ0v) is 12.9. The van der Waals surface area contributed by atoms with Crippen molar-refractivity contribution >= 4 is 33.7 Å². The number of aromatic nitrogens is 2. The Balaban J connectivity index is 2.01. The number of nitro groups is 1. The number of hydrogen-bond acceptors (Lipinski definition) is 6. The van der Waals surface area contributed by atoms with Crippen LogP contribution in [0.3, 0.4) is 0 Å². The molecule has 0 unspecified atom stereocenters. The molecule has 0 spiro atoms. The molecule has 0 saturated carbocycles. The molecule has 0 aliphatic rings. The number of aryl methyl sites for hydroxylation is 1. The average Bonchev–Trinajstić information content (AvgIpc) is 2.96. The SMILES string of the molecule is Cc1ccc(C(=O)Cn2cnc3ccc([N+](=O)[O-])cc3c2=O)s1. The minimum absolute atomic E-state index is 0.122. The number of non-ortho nitro benzene ring substituents is 1. The van der Waals surface area contributed by atoms with Gasteiger partial charge in [0, 0.05) is 17.0 Å². The highest BCUT2D eigenvalue weighted by Gasteiger charge is 2.14. The normalized spacial score (nSPS) is 10.8. The Bertz CT molecular complexity index is 990. The topological polar surface area (TPSA) is 95.1 Å². The van der Waals surface area contributed by atoms with Gasteiger partial charge >= 0.3 is 0 Å². The van der Waals surface area contributed by atoms with Gasteiger partial charge in [-0.25, -0.2) is 4.98 Å². The number of nitrogens with zero attached hydrogens (tertiary/aromatic N) is 3. The number of fused-ring (bicyclic) bond motifs is 1. The maximum atomic E-state index is 12.4. The van der Waals surface area contributed by atoms with E-state index in [-0.39, 0.29) is 23.4 Å². The second kappa shape index (κ2) is 5.73. The van der Waals surface area contributed by atoms with Crippen LogP contribution in [-0.4, -0.2) is 20.3 Å². The Labute approximate surface area is 134 Å². The Morgan fingerprint density at radius 3 is 2.78 bits per heavy atom. The van der Waals surface area contributed by atoms with Gasteiger partial charge in [0.15, 0.2) is 5.78 Å². The van der Waals surface area contributed by atoms with Crippen molar-refractivity contribution in [1.82, 2.24) is 9.55 Å². The molecule has 0 saturated heterocycles. The smallest absolute Gasteiger partial charge is 0.270 e. The lowest BCUT2D eigenvalue weighted by Crippen LogP contribution is -2.24. The predicted octanol–water partition coefficient (Wildman–Crippen LogP) is 2.56. The third-order valence-electron chi connectivity index (χ3n) is 3.35. The van der Waals surface area contributed by atoms with Crippen LogP contribution in [0.15, 0.2) is 41.5 Å². The van der Waals surface area contributed by atoms with E-state index in [1.807, 2.05) is 13.0 Å². The maximum absolute atomic E-state index is 12.4. The van der Waals surface area contributed by atoms with Crippen molar-refractivity contribution in [2.24, 2.45) is 0 Å². The van der Waals surface area contributed by atoms with Crippen LogP contribution < -0.4 is 5.56 Å². The predicted molar refractivity (Wildman–Crippen MR) is 86.0 cm³/mol. The fraction of sp³-hybridized carbons (Fsp3) is 0.133. The lowest BCUT2D eigenvalue weighted by atomic mass is 10.2. The molecule has 2 aromatic heterocycles. The second-order valence-electron chi connectivity index (χ2n) is 4.97. The number of thiophene rings is 1. The second-order valence-corrected chi connectivity index (χ2v) is 6.26. The molecule has 7 nitrogen and oxygen atoms in total. The third kappa shape index (κ3) is 2.88. The van der Waals surface area contributed by atoms with Crippen LogP contribution in [-0.2, 0) is 6.54 Å². The molecule has 0 aliphatic heterocycles. The molecule has 8 heteroatoms. The number of Topliss-reactive ketones (excluding diaryl/α,β-unsaturated/α-hetero) is 1. The highest BCUT2D eigenvalue weighted by molar-refractivity contribution is 7.14. The van der Waals surface area contributed by atoms with Crippen LogP contribution in [0.25, 0.3) is 10.9 Å². The van der Waals surface area contributed by atoms with E-state index in [4.69, 9.17) is 0 Å². The Morgan fingerprint density at radius 1 is 1.35 bits per heavy atom. The number of hydrogen-bond donors (Lipinski definition) is 0. The van der Waals surface area contributed by atoms with E-state index < -0.39 is 10.5 Å². The van der Waals surface area contributed by atoms with Gasteiger partial charge in [-0.3, -0.25) is 24.3 Å². The highest BCUT2D eigenvalue weighted by Crippen LogP contribution is 2.18. The molecule has 0 atom stereocenters. The molecule has 0 aliphatic carbocycles. The van der Waals surface area contributed by atoms with Crippen LogP contribution in [0.1, 0.15) is 14.5 Å². The summed E-state index contributed by atoms with van der Waals surface area (Å²) in [4.78, 5) is 40.5. The molecule has 0 amide bonds. The molecule has 2 heterocycles. The summed E-state index contributed by atoms with van der Waals surface area (Å²) in [7, 11) is 0. The molecular formula is C15H11N3O4S. The summed E-state index contributed by atoms with van der Waals surface area (Å²) < 4.78 is 1.17. The summed E-state index contributed by atoms with van der Waals surface area (Å²) in [5, 5.41) is 11.0. The number of nitro benzene ring substituents is 1. The van der Waals surface area contributed by atoms with Crippen molar-refractivity contribution in [2.75, 3.05) is 0 Å². The van der Waals surface area contributed by atoms with Crippen molar-refractivity contribution in [1.29, 1.82) is 0 Å². The van der Waals surface area contributed by atoms with E-state index in [1.54, 1.807) is 6.07 Å². The number of carbonyl (C=O) groups is 1. The van der Waals surface area contributed by atoms with E-state index in [2.05, 4.69) is 4.98 Å². The van der Waals surface area contributed by atoms with Gasteiger partial charge in [0.1, 0.15) is 0 Å². The molecule has 0 fully saturated rings. The molecular weight excluding hydrogens is 318 g/mol. The molecule has 3 rings (SSSR count). The summed E-state index contributed by atoms with van der Waals surface area (Å²) >= 11 is 1.36. The first-order valence-electron chi connectivity index (χ1n) is 6.69. The van der Waals surface area contributed by atoms with E-state index in [0.717, 1.165) is 4.88 Å². The lowest BCUT2D eigenvalue weighted by Gasteiger charge is -2.05. The number of ketones is 1. The zero-order chi connectivity index (χ0) is 16.6. The summed E-state index contributed by atoms with van der Waals surface area (Å²) in [6, 6.07) is 7.44.